The van der Waals surface area contributed by atoms with Gasteiger partial charge < -0.3 is 10.1 Å². The number of hydrogen-bond donors (Lipinski definition) is 1. The van der Waals surface area contributed by atoms with Crippen molar-refractivity contribution in [1.82, 2.24) is 0 Å². The molecule has 0 bridgehead atoms. The van der Waals surface area contributed by atoms with Gasteiger partial charge in [0, 0.05) is 18.2 Å². The van der Waals surface area contributed by atoms with Crippen LogP contribution in [0, 0.1) is 18.3 Å². The summed E-state index contributed by atoms with van der Waals surface area (Å²) in [5.41, 5.74) is 3.25. The number of Topliss-reactive ketones (excluding diaryl/α,β-unsaturated/α-hetero) is 1. The predicted octanol–water partition coefficient (Wildman–Crippen LogP) is 5.10. The Bertz CT molecular complexity index is 602. The molecule has 0 amide bonds. The van der Waals surface area contributed by atoms with Crippen LogP contribution in [-0.4, -0.2) is 12.9 Å². The summed E-state index contributed by atoms with van der Waals surface area (Å²) in [6, 6.07) is 6.00. The first kappa shape index (κ1) is 17.6. The van der Waals surface area contributed by atoms with Crippen molar-refractivity contribution < 1.29 is 9.53 Å². The third kappa shape index (κ3) is 4.15. The number of allylic oxidation sites excluding steroid dienone is 1. The van der Waals surface area contributed by atoms with Crippen molar-refractivity contribution in [3.63, 3.8) is 0 Å². The van der Waals surface area contributed by atoms with Crippen molar-refractivity contribution in [2.75, 3.05) is 12.4 Å². The van der Waals surface area contributed by atoms with Crippen molar-refractivity contribution >= 4 is 11.5 Å². The molecule has 1 fully saturated rings. The summed E-state index contributed by atoms with van der Waals surface area (Å²) in [5.74, 6) is 1.63. The maximum Gasteiger partial charge on any atom is 0.160 e. The fourth-order valence-corrected chi connectivity index (χ4v) is 3.14. The van der Waals surface area contributed by atoms with Gasteiger partial charge in [0.05, 0.1) is 12.8 Å². The molecule has 1 aromatic rings. The molecule has 0 radical (unpaired) electrons. The number of anilines is 1. The van der Waals surface area contributed by atoms with Gasteiger partial charge in [-0.3, -0.25) is 4.79 Å². The van der Waals surface area contributed by atoms with Crippen molar-refractivity contribution in [2.45, 2.75) is 53.4 Å². The minimum atomic E-state index is 0.271. The Labute approximate surface area is 140 Å². The number of ketones is 1. The van der Waals surface area contributed by atoms with Gasteiger partial charge in [-0.05, 0) is 48.8 Å². The normalized spacial score (nSPS) is 20.7. The van der Waals surface area contributed by atoms with Gasteiger partial charge in [-0.25, -0.2) is 0 Å². The molecule has 3 nitrogen and oxygen atoms in total. The molecule has 1 saturated carbocycles. The van der Waals surface area contributed by atoms with Gasteiger partial charge >= 0.3 is 0 Å². The molecule has 2 rings (SSSR count). The number of nitrogens with one attached hydrogen (secondary N) is 1. The Morgan fingerprint density at radius 1 is 1.39 bits per heavy atom. The lowest BCUT2D eigenvalue weighted by Gasteiger charge is -2.36. The molecule has 1 atom stereocenters. The molecule has 0 spiro atoms. The molecule has 0 unspecified atom stereocenters. The lowest BCUT2D eigenvalue weighted by atomic mass is 9.68. The van der Waals surface area contributed by atoms with Crippen LogP contribution in [0.1, 0.15) is 52.0 Å². The molecule has 1 aliphatic carbocycles. The summed E-state index contributed by atoms with van der Waals surface area (Å²) in [5, 5.41) is 3.29. The lowest BCUT2D eigenvalue weighted by Crippen LogP contribution is -2.29. The van der Waals surface area contributed by atoms with E-state index in [4.69, 9.17) is 4.74 Å². The topological polar surface area (TPSA) is 38.3 Å². The standard InChI is InChI=1S/C20H29NO2/c1-6-20(3,4)16-8-9-18(22)15(12-16)13-21-17-11-14(2)7-10-19(17)23-5/h7,10-11,13,16,21H,6,8-9,12H2,1-5H3/b15-13+/t16-/m0/s1. The third-order valence-electron chi connectivity index (χ3n) is 5.32. The molecule has 0 aromatic heterocycles. The summed E-state index contributed by atoms with van der Waals surface area (Å²) in [6.07, 6.45) is 5.55. The smallest absolute Gasteiger partial charge is 0.160 e. The molecule has 126 valence electrons. The van der Waals surface area contributed by atoms with E-state index in [-0.39, 0.29) is 11.2 Å². The zero-order valence-electron chi connectivity index (χ0n) is 15.0. The molecule has 0 heterocycles. The molecule has 3 heteroatoms. The molecular formula is C20H29NO2. The van der Waals surface area contributed by atoms with Crippen LogP contribution < -0.4 is 10.1 Å². The highest BCUT2D eigenvalue weighted by Crippen LogP contribution is 2.41. The van der Waals surface area contributed by atoms with E-state index in [0.717, 1.165) is 41.8 Å². The summed E-state index contributed by atoms with van der Waals surface area (Å²) >= 11 is 0. The van der Waals surface area contributed by atoms with E-state index in [1.165, 1.54) is 0 Å². The zero-order chi connectivity index (χ0) is 17.0. The van der Waals surface area contributed by atoms with Crippen LogP contribution in [0.15, 0.2) is 30.0 Å². The SMILES string of the molecule is CCC(C)(C)[C@H]1CCC(=O)/C(=C/Nc2cc(C)ccc2OC)C1. The molecule has 0 aliphatic heterocycles. The van der Waals surface area contributed by atoms with E-state index < -0.39 is 0 Å². The maximum atomic E-state index is 12.3. The van der Waals surface area contributed by atoms with Gasteiger partial charge in [0.25, 0.3) is 0 Å². The predicted molar refractivity (Wildman–Crippen MR) is 95.9 cm³/mol. The molecule has 23 heavy (non-hydrogen) atoms. The summed E-state index contributed by atoms with van der Waals surface area (Å²) in [7, 11) is 1.66. The van der Waals surface area contributed by atoms with Crippen molar-refractivity contribution in [2.24, 2.45) is 11.3 Å². The van der Waals surface area contributed by atoms with Crippen LogP contribution in [0.5, 0.6) is 5.75 Å². The molecule has 0 saturated heterocycles. The van der Waals surface area contributed by atoms with Gasteiger partial charge in [0.2, 0.25) is 0 Å². The largest absolute Gasteiger partial charge is 0.495 e. The van der Waals surface area contributed by atoms with E-state index >= 15 is 0 Å². The van der Waals surface area contributed by atoms with Crippen LogP contribution >= 0.6 is 0 Å². The second-order valence-corrected chi connectivity index (χ2v) is 7.22. The second-order valence-electron chi connectivity index (χ2n) is 7.22. The van der Waals surface area contributed by atoms with Crippen molar-refractivity contribution in [1.29, 1.82) is 0 Å². The Morgan fingerprint density at radius 3 is 2.78 bits per heavy atom. The van der Waals surface area contributed by atoms with Crippen molar-refractivity contribution in [3.8, 4) is 5.75 Å². The minimum Gasteiger partial charge on any atom is -0.495 e. The fourth-order valence-electron chi connectivity index (χ4n) is 3.14. The number of hydrogen-bond acceptors (Lipinski definition) is 3. The van der Waals surface area contributed by atoms with E-state index in [2.05, 4.69) is 26.1 Å². The summed E-state index contributed by atoms with van der Waals surface area (Å²) in [4.78, 5) is 12.3. The number of rotatable bonds is 5. The first-order chi connectivity index (χ1) is 10.9. The molecular weight excluding hydrogens is 286 g/mol. The molecule has 1 aliphatic rings. The zero-order valence-corrected chi connectivity index (χ0v) is 15.0. The molecule has 1 N–H and O–H groups in total. The van der Waals surface area contributed by atoms with E-state index in [0.29, 0.717) is 12.3 Å². The Balaban J connectivity index is 2.18. The van der Waals surface area contributed by atoms with E-state index in [9.17, 15) is 4.79 Å². The maximum absolute atomic E-state index is 12.3. The number of benzene rings is 1. The average molecular weight is 315 g/mol. The number of ether oxygens (including phenoxy) is 1. The van der Waals surface area contributed by atoms with Crippen molar-refractivity contribution in [3.05, 3.63) is 35.5 Å². The Kier molecular flexibility index (Phi) is 5.51. The summed E-state index contributed by atoms with van der Waals surface area (Å²) in [6.45, 7) is 8.89. The monoisotopic (exact) mass is 315 g/mol. The number of aryl methyl sites for hydroxylation is 1. The second kappa shape index (κ2) is 7.20. The highest BCUT2D eigenvalue weighted by atomic mass is 16.5. The lowest BCUT2D eigenvalue weighted by molar-refractivity contribution is -0.117. The number of methoxy groups -OCH3 is 1. The van der Waals surface area contributed by atoms with Crippen LogP contribution in [0.3, 0.4) is 0 Å². The van der Waals surface area contributed by atoms with E-state index in [1.54, 1.807) is 7.11 Å². The number of carbonyl (C=O) groups is 1. The van der Waals surface area contributed by atoms with Gasteiger partial charge in [-0.2, -0.15) is 0 Å². The van der Waals surface area contributed by atoms with Crippen LogP contribution in [-0.2, 0) is 4.79 Å². The van der Waals surface area contributed by atoms with Gasteiger partial charge in [-0.15, -0.1) is 0 Å². The first-order valence-electron chi connectivity index (χ1n) is 8.50. The van der Waals surface area contributed by atoms with Crippen LogP contribution in [0.2, 0.25) is 0 Å². The van der Waals surface area contributed by atoms with E-state index in [1.807, 2.05) is 31.3 Å². The minimum absolute atomic E-state index is 0.271. The molecule has 1 aromatic carbocycles. The highest BCUT2D eigenvalue weighted by Gasteiger charge is 2.33. The highest BCUT2D eigenvalue weighted by molar-refractivity contribution is 5.96. The number of carbonyl (C=O) groups excluding carboxylic acids is 1. The van der Waals surface area contributed by atoms with Gasteiger partial charge in [0.15, 0.2) is 5.78 Å². The summed E-state index contributed by atoms with van der Waals surface area (Å²) < 4.78 is 5.38. The van der Waals surface area contributed by atoms with Crippen LogP contribution in [0.25, 0.3) is 0 Å². The third-order valence-corrected chi connectivity index (χ3v) is 5.32. The Hall–Kier alpha value is -1.77. The fraction of sp³-hybridized carbons (Fsp3) is 0.550. The van der Waals surface area contributed by atoms with Gasteiger partial charge in [0.1, 0.15) is 5.75 Å². The Morgan fingerprint density at radius 2 is 2.13 bits per heavy atom. The quantitative estimate of drug-likeness (QED) is 0.768. The van der Waals surface area contributed by atoms with Crippen LogP contribution in [0.4, 0.5) is 5.69 Å². The average Bonchev–Trinajstić information content (AvgIpc) is 2.54. The first-order valence-corrected chi connectivity index (χ1v) is 8.50. The van der Waals surface area contributed by atoms with Gasteiger partial charge in [-0.1, -0.05) is 33.3 Å².